The molecule has 1 aromatic carbocycles. The minimum Gasteiger partial charge on any atom is -0.465 e. The highest BCUT2D eigenvalue weighted by atomic mass is 32.1. The van der Waals surface area contributed by atoms with Gasteiger partial charge in [-0.15, -0.1) is 0 Å². The fourth-order valence-electron chi connectivity index (χ4n) is 1.84. The lowest BCUT2D eigenvalue weighted by molar-refractivity contribution is -0.0849. The quantitative estimate of drug-likeness (QED) is 0.639. The average Bonchev–Trinajstić information content (AvgIpc) is 2.54. The molecule has 0 radical (unpaired) electrons. The summed E-state index contributed by atoms with van der Waals surface area (Å²) in [7, 11) is 1.35. The third-order valence-electron chi connectivity index (χ3n) is 2.94. The van der Waals surface area contributed by atoms with E-state index in [-0.39, 0.29) is 12.1 Å². The van der Waals surface area contributed by atoms with Crippen LogP contribution in [0.4, 0.5) is 5.69 Å². The van der Waals surface area contributed by atoms with Crippen molar-refractivity contribution in [2.45, 2.75) is 6.10 Å². The van der Waals surface area contributed by atoms with Gasteiger partial charge in [0.2, 0.25) is 0 Å². The minimum absolute atomic E-state index is 0.0141. The number of thiocarbonyl (C=S) groups is 1. The molecule has 0 spiro atoms. The van der Waals surface area contributed by atoms with Gasteiger partial charge in [0.05, 0.1) is 38.6 Å². The predicted octanol–water partition coefficient (Wildman–Crippen LogP) is 1.17. The summed E-state index contributed by atoms with van der Waals surface area (Å²) in [4.78, 5) is 11.3. The van der Waals surface area contributed by atoms with Gasteiger partial charge in [-0.2, -0.15) is 0 Å². The van der Waals surface area contributed by atoms with Crippen LogP contribution in [0, 0.1) is 0 Å². The Kier molecular flexibility index (Phi) is 5.91. The van der Waals surface area contributed by atoms with Gasteiger partial charge in [0.15, 0.2) is 5.11 Å². The number of carbonyl (C=O) groups is 1. The van der Waals surface area contributed by atoms with Crippen LogP contribution in [0.2, 0.25) is 0 Å². The van der Waals surface area contributed by atoms with E-state index >= 15 is 0 Å². The number of methoxy groups -OCH3 is 1. The van der Waals surface area contributed by atoms with Crippen molar-refractivity contribution in [1.82, 2.24) is 5.32 Å². The SMILES string of the molecule is COC(=O)c1ccc(NC(=S)NC[C@H]2COCCO2)cc1. The second-order valence-corrected chi connectivity index (χ2v) is 4.88. The number of esters is 1. The second kappa shape index (κ2) is 7.92. The molecule has 1 aromatic rings. The second-order valence-electron chi connectivity index (χ2n) is 4.47. The third-order valence-corrected chi connectivity index (χ3v) is 3.19. The van der Waals surface area contributed by atoms with Crippen molar-refractivity contribution in [3.05, 3.63) is 29.8 Å². The number of hydrogen-bond donors (Lipinski definition) is 2. The van der Waals surface area contributed by atoms with Crippen molar-refractivity contribution >= 4 is 29.0 Å². The molecule has 1 fully saturated rings. The minimum atomic E-state index is -0.364. The lowest BCUT2D eigenvalue weighted by atomic mass is 10.2. The Morgan fingerprint density at radius 2 is 2.14 bits per heavy atom. The number of anilines is 1. The number of hydrogen-bond acceptors (Lipinski definition) is 5. The summed E-state index contributed by atoms with van der Waals surface area (Å²) in [6.07, 6.45) is 0.0141. The van der Waals surface area contributed by atoms with Gasteiger partial charge in [0.25, 0.3) is 0 Å². The van der Waals surface area contributed by atoms with Gasteiger partial charge >= 0.3 is 5.97 Å². The number of benzene rings is 1. The summed E-state index contributed by atoms with van der Waals surface area (Å²) < 4.78 is 15.5. The summed E-state index contributed by atoms with van der Waals surface area (Å²) >= 11 is 5.20. The Balaban J connectivity index is 1.77. The molecular weight excluding hydrogens is 292 g/mol. The Bertz CT molecular complexity index is 486. The van der Waals surface area contributed by atoms with Crippen LogP contribution in [0.5, 0.6) is 0 Å². The Morgan fingerprint density at radius 1 is 1.38 bits per heavy atom. The molecule has 1 atom stereocenters. The van der Waals surface area contributed by atoms with E-state index in [1.165, 1.54) is 7.11 Å². The van der Waals surface area contributed by atoms with E-state index in [4.69, 9.17) is 21.7 Å². The molecule has 1 aliphatic heterocycles. The lowest BCUT2D eigenvalue weighted by Gasteiger charge is -2.23. The highest BCUT2D eigenvalue weighted by molar-refractivity contribution is 7.80. The fourth-order valence-corrected chi connectivity index (χ4v) is 2.04. The summed E-state index contributed by atoms with van der Waals surface area (Å²) in [5.41, 5.74) is 1.29. The van der Waals surface area contributed by atoms with Crippen molar-refractivity contribution < 1.29 is 19.0 Å². The first-order chi connectivity index (χ1) is 10.2. The zero-order valence-electron chi connectivity index (χ0n) is 11.8. The molecule has 7 heteroatoms. The van der Waals surface area contributed by atoms with E-state index < -0.39 is 0 Å². The average molecular weight is 310 g/mol. The number of ether oxygens (including phenoxy) is 3. The Morgan fingerprint density at radius 3 is 2.76 bits per heavy atom. The van der Waals surface area contributed by atoms with Crippen molar-refractivity contribution in [1.29, 1.82) is 0 Å². The van der Waals surface area contributed by atoms with Crippen molar-refractivity contribution in [2.75, 3.05) is 38.8 Å². The van der Waals surface area contributed by atoms with Gasteiger partial charge in [-0.25, -0.2) is 4.79 Å². The molecule has 6 nitrogen and oxygen atoms in total. The van der Waals surface area contributed by atoms with Crippen LogP contribution in [0.25, 0.3) is 0 Å². The molecule has 2 rings (SSSR count). The largest absolute Gasteiger partial charge is 0.465 e. The molecule has 0 unspecified atom stereocenters. The van der Waals surface area contributed by atoms with E-state index in [0.29, 0.717) is 37.0 Å². The maximum absolute atomic E-state index is 11.3. The molecule has 0 amide bonds. The maximum Gasteiger partial charge on any atom is 0.337 e. The van der Waals surface area contributed by atoms with Crippen molar-refractivity contribution in [2.24, 2.45) is 0 Å². The number of rotatable bonds is 4. The topological polar surface area (TPSA) is 68.8 Å². The Hall–Kier alpha value is -1.70. The van der Waals surface area contributed by atoms with Crippen molar-refractivity contribution in [3.8, 4) is 0 Å². The van der Waals surface area contributed by atoms with Gasteiger partial charge in [-0.1, -0.05) is 0 Å². The maximum atomic E-state index is 11.3. The zero-order chi connectivity index (χ0) is 15.1. The molecule has 1 aliphatic rings. The first kappa shape index (κ1) is 15.7. The summed E-state index contributed by atoms with van der Waals surface area (Å²) in [5, 5.41) is 6.61. The molecule has 2 N–H and O–H groups in total. The standard InChI is InChI=1S/C14H18N2O4S/c1-18-13(17)10-2-4-11(5-3-10)16-14(21)15-8-12-9-19-6-7-20-12/h2-5,12H,6-9H2,1H3,(H2,15,16,21)/t12-/m0/s1. The monoisotopic (exact) mass is 310 g/mol. The van der Waals surface area contributed by atoms with Gasteiger partial charge < -0.3 is 24.8 Å². The summed E-state index contributed by atoms with van der Waals surface area (Å²) in [6, 6.07) is 6.88. The van der Waals surface area contributed by atoms with Crippen LogP contribution in [0.15, 0.2) is 24.3 Å². The number of carbonyl (C=O) groups excluding carboxylic acids is 1. The summed E-state index contributed by atoms with van der Waals surface area (Å²) in [6.45, 7) is 2.42. The molecule has 1 heterocycles. The molecule has 0 aliphatic carbocycles. The van der Waals surface area contributed by atoms with E-state index in [1.54, 1.807) is 24.3 Å². The van der Waals surface area contributed by atoms with Crippen LogP contribution < -0.4 is 10.6 Å². The van der Waals surface area contributed by atoms with E-state index in [2.05, 4.69) is 15.4 Å². The zero-order valence-corrected chi connectivity index (χ0v) is 12.6. The van der Waals surface area contributed by atoms with Gasteiger partial charge in [0, 0.05) is 12.2 Å². The van der Waals surface area contributed by atoms with Gasteiger partial charge in [0.1, 0.15) is 0 Å². The smallest absolute Gasteiger partial charge is 0.337 e. The normalized spacial score (nSPS) is 17.9. The third kappa shape index (κ3) is 4.96. The molecule has 0 aromatic heterocycles. The van der Waals surface area contributed by atoms with Crippen molar-refractivity contribution in [3.63, 3.8) is 0 Å². The predicted molar refractivity (Wildman–Crippen MR) is 82.6 cm³/mol. The first-order valence-corrected chi connectivity index (χ1v) is 7.02. The van der Waals surface area contributed by atoms with E-state index in [0.717, 1.165) is 5.69 Å². The van der Waals surface area contributed by atoms with Gasteiger partial charge in [-0.05, 0) is 36.5 Å². The molecular formula is C14H18N2O4S. The Labute approximate surface area is 128 Å². The fraction of sp³-hybridized carbons (Fsp3) is 0.429. The van der Waals surface area contributed by atoms with Crippen LogP contribution >= 0.6 is 12.2 Å². The first-order valence-electron chi connectivity index (χ1n) is 6.61. The molecule has 114 valence electrons. The van der Waals surface area contributed by atoms with Crippen LogP contribution in [0.1, 0.15) is 10.4 Å². The summed E-state index contributed by atoms with van der Waals surface area (Å²) in [5.74, 6) is -0.364. The van der Waals surface area contributed by atoms with Gasteiger partial charge in [-0.3, -0.25) is 0 Å². The van der Waals surface area contributed by atoms with Crippen LogP contribution in [-0.4, -0.2) is 50.7 Å². The highest BCUT2D eigenvalue weighted by Gasteiger charge is 2.14. The molecule has 1 saturated heterocycles. The van der Waals surface area contributed by atoms with E-state index in [9.17, 15) is 4.79 Å². The highest BCUT2D eigenvalue weighted by Crippen LogP contribution is 2.10. The number of nitrogens with one attached hydrogen (secondary N) is 2. The van der Waals surface area contributed by atoms with E-state index in [1.807, 2.05) is 0 Å². The van der Waals surface area contributed by atoms with Crippen LogP contribution in [-0.2, 0) is 14.2 Å². The molecule has 0 saturated carbocycles. The lowest BCUT2D eigenvalue weighted by Crippen LogP contribution is -2.41. The molecule has 21 heavy (non-hydrogen) atoms. The van der Waals surface area contributed by atoms with Crippen LogP contribution in [0.3, 0.4) is 0 Å². The molecule has 0 bridgehead atoms.